The van der Waals surface area contributed by atoms with Gasteiger partial charge in [0.25, 0.3) is 0 Å². The van der Waals surface area contributed by atoms with Gasteiger partial charge in [-0.1, -0.05) is 34.6 Å². The van der Waals surface area contributed by atoms with Crippen molar-refractivity contribution in [3.63, 3.8) is 0 Å². The second kappa shape index (κ2) is 12.7. The summed E-state index contributed by atoms with van der Waals surface area (Å²) in [5.41, 5.74) is 0. The maximum Gasteiger partial charge on any atom is 0.222 e. The smallest absolute Gasteiger partial charge is 0.222 e. The molecule has 0 radical (unpaired) electrons. The lowest BCUT2D eigenvalue weighted by Gasteiger charge is -2.37. The van der Waals surface area contributed by atoms with Gasteiger partial charge in [0.2, 0.25) is 11.8 Å². The monoisotopic (exact) mass is 422 g/mol. The van der Waals surface area contributed by atoms with E-state index >= 15 is 0 Å². The van der Waals surface area contributed by atoms with E-state index in [1.807, 2.05) is 27.7 Å². The molecule has 2 aliphatic heterocycles. The van der Waals surface area contributed by atoms with Crippen molar-refractivity contribution in [1.82, 2.24) is 20.4 Å². The molecule has 0 spiro atoms. The molecule has 0 aromatic carbocycles. The average molecular weight is 423 g/mol. The molecule has 2 fully saturated rings. The molecule has 0 aliphatic carbocycles. The van der Waals surface area contributed by atoms with Crippen LogP contribution in [0.4, 0.5) is 0 Å². The Morgan fingerprint density at radius 1 is 0.767 bits per heavy atom. The molecule has 0 bridgehead atoms. The molecule has 2 atom stereocenters. The van der Waals surface area contributed by atoms with Crippen LogP contribution in [0, 0.1) is 29.6 Å². The fourth-order valence-electron chi connectivity index (χ4n) is 4.80. The standard InChI is InChI=1S/C24H46N4O2/c1-18(2)23(29)25-12-21-8-6-10-27(16-21)14-20(5)15-28-11-7-9-22(17-28)13-26-24(30)19(3)4/h18-22H,6-17H2,1-5H3,(H,25,29)(H,26,30). The minimum atomic E-state index is 0.0665. The molecule has 6 heteroatoms. The fraction of sp³-hybridized carbons (Fsp3) is 0.917. The van der Waals surface area contributed by atoms with Crippen LogP contribution in [0.5, 0.6) is 0 Å². The lowest BCUT2D eigenvalue weighted by molar-refractivity contribution is -0.125. The van der Waals surface area contributed by atoms with E-state index < -0.39 is 0 Å². The molecule has 2 rings (SSSR count). The van der Waals surface area contributed by atoms with Crippen molar-refractivity contribution in [2.24, 2.45) is 29.6 Å². The Labute approximate surface area is 184 Å². The molecule has 2 heterocycles. The number of hydrogen-bond acceptors (Lipinski definition) is 4. The maximum atomic E-state index is 11.9. The summed E-state index contributed by atoms with van der Waals surface area (Å²) in [4.78, 5) is 28.9. The Balaban J connectivity index is 1.69. The third-order valence-corrected chi connectivity index (χ3v) is 6.52. The number of nitrogens with zero attached hydrogens (tertiary/aromatic N) is 2. The van der Waals surface area contributed by atoms with E-state index in [2.05, 4.69) is 27.4 Å². The molecule has 6 nitrogen and oxygen atoms in total. The normalized spacial score (nSPS) is 24.8. The molecule has 2 aliphatic rings. The molecule has 0 saturated carbocycles. The summed E-state index contributed by atoms with van der Waals surface area (Å²) in [5, 5.41) is 6.24. The zero-order valence-electron chi connectivity index (χ0n) is 20.1. The van der Waals surface area contributed by atoms with Crippen molar-refractivity contribution in [3.05, 3.63) is 0 Å². The minimum Gasteiger partial charge on any atom is -0.356 e. The highest BCUT2D eigenvalue weighted by molar-refractivity contribution is 5.78. The van der Waals surface area contributed by atoms with Gasteiger partial charge in [0.15, 0.2) is 0 Å². The summed E-state index contributed by atoms with van der Waals surface area (Å²) >= 11 is 0. The lowest BCUT2D eigenvalue weighted by atomic mass is 9.95. The SMILES string of the molecule is CC(CN1CCCC(CNC(=O)C(C)C)C1)CN1CCCC(CNC(=O)C(C)C)C1. The van der Waals surface area contributed by atoms with Crippen LogP contribution >= 0.6 is 0 Å². The van der Waals surface area contributed by atoms with Crippen LogP contribution in [0.3, 0.4) is 0 Å². The van der Waals surface area contributed by atoms with Gasteiger partial charge in [-0.25, -0.2) is 0 Å². The second-order valence-corrected chi connectivity index (χ2v) is 10.4. The van der Waals surface area contributed by atoms with E-state index in [0.717, 1.165) is 39.3 Å². The quantitative estimate of drug-likeness (QED) is 0.568. The fourth-order valence-corrected chi connectivity index (χ4v) is 4.80. The van der Waals surface area contributed by atoms with E-state index in [0.29, 0.717) is 17.8 Å². The van der Waals surface area contributed by atoms with Gasteiger partial charge >= 0.3 is 0 Å². The van der Waals surface area contributed by atoms with Crippen LogP contribution in [-0.4, -0.2) is 74.0 Å². The molecule has 0 aromatic rings. The summed E-state index contributed by atoms with van der Waals surface area (Å²) in [7, 11) is 0. The zero-order chi connectivity index (χ0) is 22.1. The highest BCUT2D eigenvalue weighted by atomic mass is 16.2. The molecular formula is C24H46N4O2. The lowest BCUT2D eigenvalue weighted by Crippen LogP contribution is -2.46. The number of likely N-dealkylation sites (tertiary alicyclic amines) is 2. The third-order valence-electron chi connectivity index (χ3n) is 6.52. The molecule has 2 amide bonds. The first-order chi connectivity index (χ1) is 14.2. The van der Waals surface area contributed by atoms with Gasteiger partial charge in [-0.2, -0.15) is 0 Å². The van der Waals surface area contributed by atoms with E-state index in [9.17, 15) is 9.59 Å². The van der Waals surface area contributed by atoms with E-state index in [1.165, 1.54) is 38.8 Å². The van der Waals surface area contributed by atoms with Gasteiger partial charge in [-0.15, -0.1) is 0 Å². The first-order valence-corrected chi connectivity index (χ1v) is 12.2. The van der Waals surface area contributed by atoms with Crippen LogP contribution in [0.1, 0.15) is 60.3 Å². The van der Waals surface area contributed by atoms with E-state index in [1.54, 1.807) is 0 Å². The average Bonchev–Trinajstić information content (AvgIpc) is 2.70. The maximum absolute atomic E-state index is 11.9. The van der Waals surface area contributed by atoms with Crippen molar-refractivity contribution in [2.75, 3.05) is 52.4 Å². The summed E-state index contributed by atoms with van der Waals surface area (Å²) in [6, 6.07) is 0. The van der Waals surface area contributed by atoms with Crippen LogP contribution in [0.25, 0.3) is 0 Å². The highest BCUT2D eigenvalue weighted by Gasteiger charge is 2.25. The van der Waals surface area contributed by atoms with Gasteiger partial charge in [-0.05, 0) is 56.5 Å². The number of carbonyl (C=O) groups is 2. The van der Waals surface area contributed by atoms with Gasteiger partial charge in [0.1, 0.15) is 0 Å². The Bertz CT molecular complexity index is 491. The summed E-state index contributed by atoms with van der Waals surface area (Å²) < 4.78 is 0. The highest BCUT2D eigenvalue weighted by Crippen LogP contribution is 2.20. The second-order valence-electron chi connectivity index (χ2n) is 10.4. The Morgan fingerprint density at radius 2 is 1.17 bits per heavy atom. The van der Waals surface area contributed by atoms with Gasteiger partial charge < -0.3 is 20.4 Å². The van der Waals surface area contributed by atoms with Crippen molar-refractivity contribution < 1.29 is 9.59 Å². The Morgan fingerprint density at radius 3 is 1.53 bits per heavy atom. The largest absolute Gasteiger partial charge is 0.356 e. The van der Waals surface area contributed by atoms with Crippen LogP contribution in [0.15, 0.2) is 0 Å². The molecule has 2 N–H and O–H groups in total. The topological polar surface area (TPSA) is 64.7 Å². The van der Waals surface area contributed by atoms with E-state index in [-0.39, 0.29) is 23.7 Å². The number of carbonyl (C=O) groups excluding carboxylic acids is 2. The van der Waals surface area contributed by atoms with Crippen molar-refractivity contribution >= 4 is 11.8 Å². The van der Waals surface area contributed by atoms with Gasteiger partial charge in [-0.3, -0.25) is 9.59 Å². The van der Waals surface area contributed by atoms with Gasteiger partial charge in [0, 0.05) is 51.1 Å². The molecule has 2 saturated heterocycles. The molecule has 174 valence electrons. The van der Waals surface area contributed by atoms with Crippen molar-refractivity contribution in [2.45, 2.75) is 60.3 Å². The zero-order valence-corrected chi connectivity index (χ0v) is 20.1. The predicted octanol–water partition coefficient (Wildman–Crippen LogP) is 2.59. The first kappa shape index (κ1) is 25.1. The molecule has 30 heavy (non-hydrogen) atoms. The third kappa shape index (κ3) is 8.93. The number of rotatable bonds is 10. The predicted molar refractivity (Wildman–Crippen MR) is 123 cm³/mol. The van der Waals surface area contributed by atoms with Crippen LogP contribution < -0.4 is 10.6 Å². The number of nitrogens with one attached hydrogen (secondary N) is 2. The van der Waals surface area contributed by atoms with Crippen LogP contribution in [0.2, 0.25) is 0 Å². The van der Waals surface area contributed by atoms with Crippen LogP contribution in [-0.2, 0) is 9.59 Å². The number of amides is 2. The summed E-state index contributed by atoms with van der Waals surface area (Å²) in [6.07, 6.45) is 4.91. The number of piperidine rings is 2. The van der Waals surface area contributed by atoms with Gasteiger partial charge in [0.05, 0.1) is 0 Å². The van der Waals surface area contributed by atoms with E-state index in [4.69, 9.17) is 0 Å². The van der Waals surface area contributed by atoms with Crippen molar-refractivity contribution in [1.29, 1.82) is 0 Å². The summed E-state index contributed by atoms with van der Waals surface area (Å²) in [6.45, 7) is 18.7. The minimum absolute atomic E-state index is 0.0665. The first-order valence-electron chi connectivity index (χ1n) is 12.2. The number of hydrogen-bond donors (Lipinski definition) is 2. The Hall–Kier alpha value is -1.14. The Kier molecular flexibility index (Phi) is 10.6. The molecule has 2 unspecified atom stereocenters. The molecular weight excluding hydrogens is 376 g/mol. The van der Waals surface area contributed by atoms with Crippen molar-refractivity contribution in [3.8, 4) is 0 Å². The molecule has 0 aromatic heterocycles. The summed E-state index contributed by atoms with van der Waals surface area (Å²) in [5.74, 6) is 2.27.